The number of hydrogen-bond acceptors (Lipinski definition) is 7. The van der Waals surface area contributed by atoms with Crippen molar-refractivity contribution in [2.75, 3.05) is 32.8 Å². The predicted octanol–water partition coefficient (Wildman–Crippen LogP) is 2.64. The highest BCUT2D eigenvalue weighted by Gasteiger charge is 2.68. The van der Waals surface area contributed by atoms with E-state index in [0.29, 0.717) is 4.90 Å². The first-order valence-corrected chi connectivity index (χ1v) is 11.4. The molecule has 1 unspecified atom stereocenters. The molecule has 0 aliphatic carbocycles. The third-order valence-electron chi connectivity index (χ3n) is 4.82. The molecule has 0 bridgehead atoms. The zero-order valence-electron chi connectivity index (χ0n) is 18.4. The van der Waals surface area contributed by atoms with Gasteiger partial charge in [-0.25, -0.2) is 4.79 Å². The zero-order valence-corrected chi connectivity index (χ0v) is 19.2. The van der Waals surface area contributed by atoms with Crippen LogP contribution in [0, 0.1) is 0 Å². The normalized spacial score (nSPS) is 17.8. The average Bonchev–Trinajstić information content (AvgIpc) is 2.75. The quantitative estimate of drug-likeness (QED) is 0.0947. The van der Waals surface area contributed by atoms with Crippen LogP contribution in [0.15, 0.2) is 12.2 Å². The molecule has 1 aliphatic heterocycles. The van der Waals surface area contributed by atoms with Crippen LogP contribution in [-0.4, -0.2) is 91.8 Å². The number of esters is 1. The van der Waals surface area contributed by atoms with E-state index in [0.717, 1.165) is 0 Å². The lowest BCUT2D eigenvalue weighted by Crippen LogP contribution is -2.64. The predicted molar refractivity (Wildman–Crippen MR) is 101 cm³/mol. The highest BCUT2D eigenvalue weighted by molar-refractivity contribution is 7.87. The number of halogens is 10. The minimum absolute atomic E-state index is 0.0695. The second-order valence-corrected chi connectivity index (χ2v) is 8.99. The van der Waals surface area contributed by atoms with Crippen molar-refractivity contribution < 1.29 is 75.9 Å². The van der Waals surface area contributed by atoms with Crippen LogP contribution in [-0.2, 0) is 29.2 Å². The molecule has 0 aromatic carbocycles. The number of piperazine rings is 1. The van der Waals surface area contributed by atoms with E-state index < -0.39 is 95.8 Å². The molecule has 0 aromatic heterocycles. The number of hydrogen-bond donors (Lipinski definition) is 2. The number of ether oxygens (including phenoxy) is 2. The first-order valence-electron chi connectivity index (χ1n) is 9.94. The van der Waals surface area contributed by atoms with Gasteiger partial charge in [-0.15, -0.1) is 0 Å². The third-order valence-corrected chi connectivity index (χ3v) is 5.77. The highest BCUT2D eigenvalue weighted by Crippen LogP contribution is 2.42. The fourth-order valence-electron chi connectivity index (χ4n) is 2.78. The van der Waals surface area contributed by atoms with Gasteiger partial charge in [0.2, 0.25) is 0 Å². The Morgan fingerprint density at radius 2 is 1.46 bits per heavy atom. The molecule has 1 fully saturated rings. The number of nitrogens with zero attached hydrogens (tertiary/aromatic N) is 1. The number of carbonyl (C=O) groups is 2. The van der Waals surface area contributed by atoms with Gasteiger partial charge in [-0.05, 0) is 12.8 Å². The molecule has 1 aliphatic rings. The summed E-state index contributed by atoms with van der Waals surface area (Å²) in [5.41, 5.74) is -2.44. The van der Waals surface area contributed by atoms with E-state index in [1.54, 1.807) is 0 Å². The maximum Gasteiger partial charge on any atom is 0.466 e. The number of carbonyl (C=O) groups excluding carboxylic acids is 2. The summed E-state index contributed by atoms with van der Waals surface area (Å²) < 4.78 is 171. The second-order valence-electron chi connectivity index (χ2n) is 7.52. The molecule has 1 rings (SSSR count). The molecule has 0 radical (unpaired) electrons. The van der Waals surface area contributed by atoms with Crippen molar-refractivity contribution in [3.8, 4) is 0 Å². The number of unbranched alkanes of at least 4 members (excludes halogenated alkanes) is 1. The Morgan fingerprint density at radius 1 is 0.946 bits per heavy atom. The SMILES string of the molecule is C=C(C(=O)OC(OCCCCC(F)(F)C(F)(F)S(=O)(=O)O)(C(=O)N1CCNCC1)C(F)(F)F)C(F)(F)F. The zero-order chi connectivity index (χ0) is 29.1. The number of alkyl halides is 10. The molecule has 0 aromatic rings. The third kappa shape index (κ3) is 7.44. The monoisotopic (exact) mass is 586 g/mol. The lowest BCUT2D eigenvalue weighted by atomic mass is 10.1. The largest absolute Gasteiger partial charge is 0.466 e. The first kappa shape index (κ1) is 32.8. The average molecular weight is 586 g/mol. The van der Waals surface area contributed by atoms with Gasteiger partial charge < -0.3 is 19.7 Å². The van der Waals surface area contributed by atoms with Crippen molar-refractivity contribution in [3.05, 3.63) is 12.2 Å². The molecular weight excluding hydrogens is 566 g/mol. The van der Waals surface area contributed by atoms with Crippen LogP contribution in [0.4, 0.5) is 43.9 Å². The Hall–Kier alpha value is -2.19. The van der Waals surface area contributed by atoms with Crippen molar-refractivity contribution in [1.29, 1.82) is 0 Å². The van der Waals surface area contributed by atoms with E-state index in [1.165, 1.54) is 0 Å². The van der Waals surface area contributed by atoms with Gasteiger partial charge >= 0.3 is 51.3 Å². The van der Waals surface area contributed by atoms with E-state index in [2.05, 4.69) is 21.4 Å². The first-order chi connectivity index (χ1) is 16.5. The van der Waals surface area contributed by atoms with E-state index >= 15 is 0 Å². The Labute approximate surface area is 202 Å². The van der Waals surface area contributed by atoms with Crippen molar-refractivity contribution in [3.63, 3.8) is 0 Å². The molecule has 9 nitrogen and oxygen atoms in total. The molecule has 1 heterocycles. The summed E-state index contributed by atoms with van der Waals surface area (Å²) in [5.74, 6) is -15.0. The minimum atomic E-state index is -6.58. The molecule has 20 heteroatoms. The van der Waals surface area contributed by atoms with Gasteiger partial charge in [-0.1, -0.05) is 6.58 Å². The second kappa shape index (κ2) is 11.3. The van der Waals surface area contributed by atoms with Gasteiger partial charge in [-0.2, -0.15) is 52.3 Å². The Balaban J connectivity index is 3.17. The number of rotatable bonds is 11. The van der Waals surface area contributed by atoms with E-state index in [-0.39, 0.29) is 13.1 Å². The minimum Gasteiger partial charge on any atom is -0.412 e. The Bertz CT molecular complexity index is 962. The van der Waals surface area contributed by atoms with Crippen LogP contribution < -0.4 is 5.32 Å². The van der Waals surface area contributed by atoms with Gasteiger partial charge in [0.25, 0.3) is 0 Å². The topological polar surface area (TPSA) is 122 Å². The highest BCUT2D eigenvalue weighted by atomic mass is 32.2. The molecule has 1 saturated heterocycles. The molecule has 0 saturated carbocycles. The van der Waals surface area contributed by atoms with Crippen LogP contribution in [0.5, 0.6) is 0 Å². The number of amides is 1. The fourth-order valence-corrected chi connectivity index (χ4v) is 3.26. The summed E-state index contributed by atoms with van der Waals surface area (Å²) >= 11 is 0. The molecule has 2 N–H and O–H groups in total. The van der Waals surface area contributed by atoms with Gasteiger partial charge in [-0.3, -0.25) is 9.35 Å². The van der Waals surface area contributed by atoms with Crippen molar-refractivity contribution in [1.82, 2.24) is 10.2 Å². The molecule has 1 amide bonds. The molecule has 37 heavy (non-hydrogen) atoms. The summed E-state index contributed by atoms with van der Waals surface area (Å²) in [6, 6.07) is 0. The van der Waals surface area contributed by atoms with Crippen molar-refractivity contribution >= 4 is 22.0 Å². The van der Waals surface area contributed by atoms with E-state index in [4.69, 9.17) is 4.55 Å². The maximum atomic E-state index is 14.0. The summed E-state index contributed by atoms with van der Waals surface area (Å²) in [6.07, 6.45) is -15.9. The molecule has 0 spiro atoms. The maximum absolute atomic E-state index is 14.0. The Kier molecular flexibility index (Phi) is 10.0. The van der Waals surface area contributed by atoms with Crippen LogP contribution in [0.1, 0.15) is 19.3 Å². The molecule has 216 valence electrons. The van der Waals surface area contributed by atoms with E-state index in [9.17, 15) is 61.9 Å². The van der Waals surface area contributed by atoms with Crippen LogP contribution in [0.3, 0.4) is 0 Å². The lowest BCUT2D eigenvalue weighted by molar-refractivity contribution is -0.351. The van der Waals surface area contributed by atoms with Crippen LogP contribution in [0.25, 0.3) is 0 Å². The summed E-state index contributed by atoms with van der Waals surface area (Å²) in [4.78, 5) is 24.9. The van der Waals surface area contributed by atoms with Crippen LogP contribution >= 0.6 is 0 Å². The summed E-state index contributed by atoms with van der Waals surface area (Å²) in [6.45, 7) is -0.210. The van der Waals surface area contributed by atoms with Gasteiger partial charge in [0, 0.05) is 32.6 Å². The summed E-state index contributed by atoms with van der Waals surface area (Å²) in [5, 5.41) is -3.30. The number of nitrogens with one attached hydrogen (secondary N) is 1. The molecular formula is C17H20F10N2O7S. The molecule has 1 atom stereocenters. The standard InChI is InChI=1S/C17H20F10N2O7S/c1-10(15(20,21)22)11(30)36-14(16(23,24)25,12(31)29-7-5-28-6-8-29)35-9-3-2-4-13(18,19)17(26,27)37(32,33)34/h28H,1-9H2,(H,32,33,34). The van der Waals surface area contributed by atoms with E-state index in [1.807, 2.05) is 0 Å². The van der Waals surface area contributed by atoms with Crippen molar-refractivity contribution in [2.24, 2.45) is 0 Å². The fraction of sp³-hybridized carbons (Fsp3) is 0.765. The van der Waals surface area contributed by atoms with Gasteiger partial charge in [0.1, 0.15) is 5.57 Å². The smallest absolute Gasteiger partial charge is 0.412 e. The summed E-state index contributed by atoms with van der Waals surface area (Å²) in [7, 11) is -6.58. The lowest BCUT2D eigenvalue weighted by Gasteiger charge is -2.38. The van der Waals surface area contributed by atoms with Gasteiger partial charge in [0.15, 0.2) is 0 Å². The van der Waals surface area contributed by atoms with Crippen LogP contribution in [0.2, 0.25) is 0 Å². The Morgan fingerprint density at radius 3 is 1.89 bits per heavy atom. The van der Waals surface area contributed by atoms with Crippen molar-refractivity contribution in [2.45, 2.75) is 48.6 Å². The van der Waals surface area contributed by atoms with Gasteiger partial charge in [0.05, 0.1) is 6.61 Å².